The molecule has 2 heterocycles. The summed E-state index contributed by atoms with van der Waals surface area (Å²) in [6.45, 7) is 2.03. The van der Waals surface area contributed by atoms with Crippen LogP contribution >= 0.6 is 0 Å². The molecule has 3 aromatic carbocycles. The molecule has 0 saturated carbocycles. The van der Waals surface area contributed by atoms with Gasteiger partial charge < -0.3 is 9.26 Å². The Labute approximate surface area is 178 Å². The smallest absolute Gasteiger partial charge is 0.262 e. The van der Waals surface area contributed by atoms with Gasteiger partial charge in [0, 0.05) is 28.6 Å². The third-order valence-corrected chi connectivity index (χ3v) is 5.22. The molecule has 6 nitrogen and oxygen atoms in total. The number of aromatic nitrogens is 3. The quantitative estimate of drug-likeness (QED) is 0.417. The highest BCUT2D eigenvalue weighted by Gasteiger charge is 2.17. The lowest BCUT2D eigenvalue weighted by Crippen LogP contribution is -2.18. The van der Waals surface area contributed by atoms with Gasteiger partial charge in [0.1, 0.15) is 5.75 Å². The first kappa shape index (κ1) is 18.8. The van der Waals surface area contributed by atoms with Gasteiger partial charge in [-0.3, -0.25) is 9.36 Å². The van der Waals surface area contributed by atoms with Crippen molar-refractivity contribution >= 4 is 10.8 Å². The van der Waals surface area contributed by atoms with Crippen molar-refractivity contribution in [2.24, 2.45) is 0 Å². The molecular weight excluding hydrogens is 390 g/mol. The van der Waals surface area contributed by atoms with Crippen molar-refractivity contribution in [3.05, 3.63) is 94.9 Å². The Bertz CT molecular complexity index is 1450. The van der Waals surface area contributed by atoms with Crippen LogP contribution in [0.15, 0.2) is 88.3 Å². The van der Waals surface area contributed by atoms with Gasteiger partial charge in [-0.25, -0.2) is 0 Å². The molecule has 5 aromatic rings. The molecule has 0 fully saturated rings. The highest BCUT2D eigenvalue weighted by atomic mass is 16.5. The van der Waals surface area contributed by atoms with Crippen LogP contribution < -0.4 is 10.3 Å². The summed E-state index contributed by atoms with van der Waals surface area (Å²) >= 11 is 0. The van der Waals surface area contributed by atoms with Crippen molar-refractivity contribution in [2.75, 3.05) is 7.11 Å². The van der Waals surface area contributed by atoms with Crippen LogP contribution in [-0.2, 0) is 0 Å². The van der Waals surface area contributed by atoms with E-state index in [9.17, 15) is 4.79 Å². The maximum Gasteiger partial charge on any atom is 0.262 e. The monoisotopic (exact) mass is 409 g/mol. The first-order valence-corrected chi connectivity index (χ1v) is 9.84. The Morgan fingerprint density at radius 2 is 1.71 bits per heavy atom. The highest BCUT2D eigenvalue weighted by molar-refractivity contribution is 5.94. The highest BCUT2D eigenvalue weighted by Crippen LogP contribution is 2.29. The molecule has 0 bridgehead atoms. The maximum atomic E-state index is 13.2. The number of aryl methyl sites for hydroxylation is 1. The van der Waals surface area contributed by atoms with Gasteiger partial charge in [0.25, 0.3) is 11.4 Å². The van der Waals surface area contributed by atoms with Gasteiger partial charge in [0.15, 0.2) is 0 Å². The number of ether oxygens (including phenoxy) is 1. The number of hydrogen-bond donors (Lipinski definition) is 0. The van der Waals surface area contributed by atoms with Crippen LogP contribution in [0.2, 0.25) is 0 Å². The normalized spacial score (nSPS) is 11.0. The predicted octanol–water partition coefficient (Wildman–Crippen LogP) is 5.02. The van der Waals surface area contributed by atoms with Crippen molar-refractivity contribution in [1.29, 1.82) is 0 Å². The fraction of sp³-hybridized carbons (Fsp3) is 0.0800. The SMILES string of the molecule is COc1cccc(-n2cc(-c3nc(-c4ccc(C)cc4)no3)c3ccccc3c2=O)c1. The second-order valence-electron chi connectivity index (χ2n) is 7.25. The molecule has 5 rings (SSSR count). The molecule has 0 amide bonds. The summed E-state index contributed by atoms with van der Waals surface area (Å²) in [4.78, 5) is 17.8. The van der Waals surface area contributed by atoms with Gasteiger partial charge >= 0.3 is 0 Å². The third-order valence-electron chi connectivity index (χ3n) is 5.22. The van der Waals surface area contributed by atoms with E-state index in [0.29, 0.717) is 34.1 Å². The zero-order valence-electron chi connectivity index (χ0n) is 17.1. The molecule has 31 heavy (non-hydrogen) atoms. The van der Waals surface area contributed by atoms with Crippen molar-refractivity contribution in [2.45, 2.75) is 6.92 Å². The second kappa shape index (κ2) is 7.57. The van der Waals surface area contributed by atoms with Crippen LogP contribution in [0.1, 0.15) is 5.56 Å². The summed E-state index contributed by atoms with van der Waals surface area (Å²) in [7, 11) is 1.60. The molecule has 0 unspecified atom stereocenters. The summed E-state index contributed by atoms with van der Waals surface area (Å²) in [5.41, 5.74) is 3.26. The van der Waals surface area contributed by atoms with Gasteiger partial charge in [-0.15, -0.1) is 0 Å². The van der Waals surface area contributed by atoms with Crippen LogP contribution in [-0.4, -0.2) is 21.8 Å². The molecule has 6 heteroatoms. The maximum absolute atomic E-state index is 13.2. The van der Waals surface area contributed by atoms with E-state index >= 15 is 0 Å². The van der Waals surface area contributed by atoms with E-state index in [-0.39, 0.29) is 5.56 Å². The van der Waals surface area contributed by atoms with E-state index in [4.69, 9.17) is 9.26 Å². The first-order chi connectivity index (χ1) is 15.1. The van der Waals surface area contributed by atoms with E-state index in [1.165, 1.54) is 0 Å². The molecule has 0 saturated heterocycles. The number of benzene rings is 3. The Kier molecular flexibility index (Phi) is 4.59. The molecule has 0 radical (unpaired) electrons. The fourth-order valence-electron chi connectivity index (χ4n) is 3.57. The van der Waals surface area contributed by atoms with Crippen molar-refractivity contribution in [3.63, 3.8) is 0 Å². The van der Waals surface area contributed by atoms with E-state index in [1.807, 2.05) is 73.7 Å². The first-order valence-electron chi connectivity index (χ1n) is 9.84. The largest absolute Gasteiger partial charge is 0.497 e. The van der Waals surface area contributed by atoms with Gasteiger partial charge in [-0.1, -0.05) is 59.3 Å². The molecule has 0 aliphatic heterocycles. The molecule has 0 aliphatic carbocycles. The predicted molar refractivity (Wildman–Crippen MR) is 120 cm³/mol. The molecule has 2 aromatic heterocycles. The lowest BCUT2D eigenvalue weighted by Gasteiger charge is -2.11. The van der Waals surface area contributed by atoms with Crippen molar-refractivity contribution in [3.8, 4) is 34.3 Å². The molecule has 0 atom stereocenters. The molecule has 0 spiro atoms. The topological polar surface area (TPSA) is 70.2 Å². The minimum Gasteiger partial charge on any atom is -0.497 e. The minimum atomic E-state index is -0.133. The molecule has 0 N–H and O–H groups in total. The van der Waals surface area contributed by atoms with Crippen LogP contribution in [0.5, 0.6) is 5.75 Å². The van der Waals surface area contributed by atoms with E-state index in [0.717, 1.165) is 16.5 Å². The van der Waals surface area contributed by atoms with E-state index < -0.39 is 0 Å². The fourth-order valence-corrected chi connectivity index (χ4v) is 3.57. The Morgan fingerprint density at radius 3 is 2.48 bits per heavy atom. The number of methoxy groups -OCH3 is 1. The van der Waals surface area contributed by atoms with Gasteiger partial charge in [0.2, 0.25) is 5.82 Å². The molecule has 152 valence electrons. The Hall–Kier alpha value is -4.19. The number of pyridine rings is 1. The Balaban J connectivity index is 1.71. The van der Waals surface area contributed by atoms with Gasteiger partial charge in [0.05, 0.1) is 18.4 Å². The van der Waals surface area contributed by atoms with Crippen LogP contribution in [0, 0.1) is 6.92 Å². The third kappa shape index (κ3) is 3.38. The lowest BCUT2D eigenvalue weighted by atomic mass is 10.1. The Morgan fingerprint density at radius 1 is 0.935 bits per heavy atom. The van der Waals surface area contributed by atoms with Crippen molar-refractivity contribution < 1.29 is 9.26 Å². The second-order valence-corrected chi connectivity index (χ2v) is 7.25. The summed E-state index contributed by atoms with van der Waals surface area (Å²) < 4.78 is 12.5. The number of hydrogen-bond acceptors (Lipinski definition) is 5. The van der Waals surface area contributed by atoms with Crippen LogP contribution in [0.4, 0.5) is 0 Å². The number of fused-ring (bicyclic) bond motifs is 1. The van der Waals surface area contributed by atoms with Crippen LogP contribution in [0.3, 0.4) is 0 Å². The summed E-state index contributed by atoms with van der Waals surface area (Å²) in [6, 6.07) is 22.7. The zero-order chi connectivity index (χ0) is 21.4. The summed E-state index contributed by atoms with van der Waals surface area (Å²) in [5.74, 6) is 1.51. The van der Waals surface area contributed by atoms with E-state index in [2.05, 4.69) is 10.1 Å². The molecule has 0 aliphatic rings. The summed E-state index contributed by atoms with van der Waals surface area (Å²) in [5, 5.41) is 5.48. The standard InChI is InChI=1S/C25H19N3O3/c1-16-10-12-17(13-11-16)23-26-24(31-27-23)22-15-28(18-6-5-7-19(14-18)30-2)25(29)21-9-4-3-8-20(21)22/h3-15H,1-2H3. The number of rotatable bonds is 4. The van der Waals surface area contributed by atoms with Gasteiger partial charge in [-0.2, -0.15) is 4.98 Å². The minimum absolute atomic E-state index is 0.133. The van der Waals surface area contributed by atoms with Crippen molar-refractivity contribution in [1.82, 2.24) is 14.7 Å². The van der Waals surface area contributed by atoms with Gasteiger partial charge in [-0.05, 0) is 25.1 Å². The lowest BCUT2D eigenvalue weighted by molar-refractivity contribution is 0.414. The summed E-state index contributed by atoms with van der Waals surface area (Å²) in [6.07, 6.45) is 1.74. The zero-order valence-corrected chi connectivity index (χ0v) is 17.1. The average Bonchev–Trinajstić information content (AvgIpc) is 3.30. The molecular formula is C25H19N3O3. The van der Waals surface area contributed by atoms with Crippen LogP contribution in [0.25, 0.3) is 39.3 Å². The van der Waals surface area contributed by atoms with E-state index in [1.54, 1.807) is 23.9 Å². The number of nitrogens with zero attached hydrogens (tertiary/aromatic N) is 3. The average molecular weight is 409 g/mol.